The number of hydrogen-bond donors (Lipinski definition) is 0. The number of amides is 1. The number of nitrogens with zero attached hydrogens (tertiary/aromatic N) is 6. The molecule has 170 valence electrons. The summed E-state index contributed by atoms with van der Waals surface area (Å²) in [7, 11) is 5.04. The second-order valence-corrected chi connectivity index (χ2v) is 8.16. The second-order valence-electron chi connectivity index (χ2n) is 8.16. The van der Waals surface area contributed by atoms with Crippen molar-refractivity contribution in [1.29, 1.82) is 0 Å². The summed E-state index contributed by atoms with van der Waals surface area (Å²) < 4.78 is 14.4. The number of pyridine rings is 1. The smallest absolute Gasteiger partial charge is 0.272 e. The molecule has 0 N–H and O–H groups in total. The quantitative estimate of drug-likeness (QED) is 0.468. The van der Waals surface area contributed by atoms with Crippen LogP contribution in [0.5, 0.6) is 11.5 Å². The summed E-state index contributed by atoms with van der Waals surface area (Å²) in [6, 6.07) is 11.5. The SMILES string of the molecule is COc1cccc(-c2ccc3nc([C@@H]4CCCN(C(=O)c5ccnn5C)C4)nn3c2)c1OC. The van der Waals surface area contributed by atoms with Gasteiger partial charge in [-0.3, -0.25) is 9.48 Å². The van der Waals surface area contributed by atoms with Crippen molar-refractivity contribution >= 4 is 11.6 Å². The van der Waals surface area contributed by atoms with E-state index in [0.29, 0.717) is 23.7 Å². The number of methoxy groups -OCH3 is 2. The third-order valence-electron chi connectivity index (χ3n) is 6.18. The van der Waals surface area contributed by atoms with Gasteiger partial charge in [-0.2, -0.15) is 10.2 Å². The molecule has 5 rings (SSSR count). The summed E-state index contributed by atoms with van der Waals surface area (Å²) in [5.41, 5.74) is 3.23. The van der Waals surface area contributed by atoms with Crippen molar-refractivity contribution in [3.8, 4) is 22.6 Å². The summed E-state index contributed by atoms with van der Waals surface area (Å²) in [5, 5.41) is 8.89. The Morgan fingerprint density at radius 3 is 2.76 bits per heavy atom. The fraction of sp³-hybridized carbons (Fsp3) is 0.333. The van der Waals surface area contributed by atoms with Crippen molar-refractivity contribution in [2.24, 2.45) is 7.05 Å². The van der Waals surface area contributed by atoms with Gasteiger partial charge >= 0.3 is 0 Å². The fourth-order valence-electron chi connectivity index (χ4n) is 4.47. The zero-order valence-electron chi connectivity index (χ0n) is 18.9. The van der Waals surface area contributed by atoms with E-state index in [-0.39, 0.29) is 11.8 Å². The summed E-state index contributed by atoms with van der Waals surface area (Å²) in [6.45, 7) is 1.32. The van der Waals surface area contributed by atoms with Crippen LogP contribution < -0.4 is 9.47 Å². The van der Waals surface area contributed by atoms with Gasteiger partial charge in [0.25, 0.3) is 5.91 Å². The van der Waals surface area contributed by atoms with Gasteiger partial charge in [0.2, 0.25) is 0 Å². The molecule has 1 atom stereocenters. The molecule has 9 nitrogen and oxygen atoms in total. The fourth-order valence-corrected chi connectivity index (χ4v) is 4.47. The van der Waals surface area contributed by atoms with Gasteiger partial charge in [0.15, 0.2) is 23.0 Å². The minimum absolute atomic E-state index is 0.00382. The first-order valence-corrected chi connectivity index (χ1v) is 10.9. The van der Waals surface area contributed by atoms with E-state index in [2.05, 4.69) is 5.10 Å². The van der Waals surface area contributed by atoms with Crippen molar-refractivity contribution in [1.82, 2.24) is 29.3 Å². The average molecular weight is 447 g/mol. The molecule has 0 radical (unpaired) electrons. The van der Waals surface area contributed by atoms with E-state index in [0.717, 1.165) is 42.0 Å². The lowest BCUT2D eigenvalue weighted by atomic mass is 9.97. The van der Waals surface area contributed by atoms with E-state index in [9.17, 15) is 4.79 Å². The van der Waals surface area contributed by atoms with Gasteiger partial charge in [-0.1, -0.05) is 12.1 Å². The van der Waals surface area contributed by atoms with Crippen LogP contribution in [0.4, 0.5) is 0 Å². The first-order valence-electron chi connectivity index (χ1n) is 10.9. The maximum absolute atomic E-state index is 12.9. The van der Waals surface area contributed by atoms with Crippen molar-refractivity contribution in [3.63, 3.8) is 0 Å². The molecule has 0 aliphatic carbocycles. The summed E-state index contributed by atoms with van der Waals surface area (Å²) in [6.07, 6.45) is 5.45. The van der Waals surface area contributed by atoms with Gasteiger partial charge in [0.1, 0.15) is 5.69 Å². The minimum atomic E-state index is -0.00382. The van der Waals surface area contributed by atoms with E-state index in [4.69, 9.17) is 19.6 Å². The zero-order chi connectivity index (χ0) is 22.9. The molecule has 0 spiro atoms. The molecule has 1 amide bonds. The highest BCUT2D eigenvalue weighted by Gasteiger charge is 2.29. The van der Waals surface area contributed by atoms with Gasteiger partial charge in [-0.15, -0.1) is 0 Å². The summed E-state index contributed by atoms with van der Waals surface area (Å²) in [5.74, 6) is 2.19. The number of para-hydroxylation sites is 1. The van der Waals surface area contributed by atoms with Crippen molar-refractivity contribution in [3.05, 3.63) is 60.3 Å². The molecule has 1 saturated heterocycles. The number of aryl methyl sites for hydroxylation is 1. The average Bonchev–Trinajstić information content (AvgIpc) is 3.48. The van der Waals surface area contributed by atoms with Crippen LogP contribution in [0.3, 0.4) is 0 Å². The van der Waals surface area contributed by atoms with Crippen LogP contribution in [0.15, 0.2) is 48.8 Å². The van der Waals surface area contributed by atoms with Crippen LogP contribution >= 0.6 is 0 Å². The highest BCUT2D eigenvalue weighted by molar-refractivity contribution is 5.92. The van der Waals surface area contributed by atoms with Crippen LogP contribution in [-0.2, 0) is 7.05 Å². The number of ether oxygens (including phenoxy) is 2. The lowest BCUT2D eigenvalue weighted by Crippen LogP contribution is -2.40. The van der Waals surface area contributed by atoms with Gasteiger partial charge in [0, 0.05) is 49.6 Å². The monoisotopic (exact) mass is 446 g/mol. The van der Waals surface area contributed by atoms with Crippen molar-refractivity contribution in [2.75, 3.05) is 27.3 Å². The first-order chi connectivity index (χ1) is 16.1. The van der Waals surface area contributed by atoms with E-state index < -0.39 is 0 Å². The highest BCUT2D eigenvalue weighted by atomic mass is 16.5. The van der Waals surface area contributed by atoms with E-state index in [1.807, 2.05) is 41.4 Å². The molecule has 1 aliphatic rings. The molecule has 1 aliphatic heterocycles. The standard InChI is InChI=1S/C24H26N6O3/c1-28-19(11-12-25-28)24(31)29-13-5-6-17(14-29)23-26-21-10-9-16(15-30(21)27-23)18-7-4-8-20(32-2)22(18)33-3/h4,7-12,15,17H,5-6,13-14H2,1-3H3/t17-/m1/s1. The minimum Gasteiger partial charge on any atom is -0.493 e. The van der Waals surface area contributed by atoms with Crippen molar-refractivity contribution in [2.45, 2.75) is 18.8 Å². The number of aromatic nitrogens is 5. The second kappa shape index (κ2) is 8.57. The maximum Gasteiger partial charge on any atom is 0.272 e. The van der Waals surface area contributed by atoms with Gasteiger partial charge < -0.3 is 14.4 Å². The number of rotatable bonds is 5. The maximum atomic E-state index is 12.9. The molecular formula is C24H26N6O3. The molecule has 1 fully saturated rings. The van der Waals surface area contributed by atoms with E-state index in [1.54, 1.807) is 42.7 Å². The predicted molar refractivity (Wildman–Crippen MR) is 123 cm³/mol. The number of piperidine rings is 1. The Hall–Kier alpha value is -3.88. The topological polar surface area (TPSA) is 86.8 Å². The van der Waals surface area contributed by atoms with Crippen LogP contribution in [0.2, 0.25) is 0 Å². The molecule has 4 aromatic rings. The molecule has 3 aromatic heterocycles. The Morgan fingerprint density at radius 1 is 1.12 bits per heavy atom. The normalized spacial score (nSPS) is 16.2. The predicted octanol–water partition coefficient (Wildman–Crippen LogP) is 3.17. The molecule has 1 aromatic carbocycles. The van der Waals surface area contributed by atoms with Gasteiger partial charge in [-0.25, -0.2) is 9.50 Å². The first kappa shape index (κ1) is 21.0. The van der Waals surface area contributed by atoms with Gasteiger partial charge in [0.05, 0.1) is 14.2 Å². The Labute approximate surface area is 191 Å². The number of carbonyl (C=O) groups is 1. The van der Waals surface area contributed by atoms with Crippen LogP contribution in [0.25, 0.3) is 16.8 Å². The Balaban J connectivity index is 1.42. The zero-order valence-corrected chi connectivity index (χ0v) is 18.9. The molecule has 4 heterocycles. The van der Waals surface area contributed by atoms with Crippen LogP contribution in [-0.4, -0.2) is 62.5 Å². The Kier molecular flexibility index (Phi) is 5.45. The molecule has 9 heteroatoms. The van der Waals surface area contributed by atoms with Crippen LogP contribution in [0.1, 0.15) is 35.1 Å². The number of carbonyl (C=O) groups excluding carboxylic acids is 1. The summed E-state index contributed by atoms with van der Waals surface area (Å²) >= 11 is 0. The molecule has 0 unspecified atom stereocenters. The van der Waals surface area contributed by atoms with Gasteiger partial charge in [-0.05, 0) is 37.1 Å². The molecule has 0 bridgehead atoms. The van der Waals surface area contributed by atoms with Crippen molar-refractivity contribution < 1.29 is 14.3 Å². The number of likely N-dealkylation sites (tertiary alicyclic amines) is 1. The Morgan fingerprint density at radius 2 is 2.00 bits per heavy atom. The number of hydrogen-bond acceptors (Lipinski definition) is 6. The molecular weight excluding hydrogens is 420 g/mol. The molecule has 33 heavy (non-hydrogen) atoms. The number of fused-ring (bicyclic) bond motifs is 1. The largest absolute Gasteiger partial charge is 0.493 e. The Bertz CT molecular complexity index is 1310. The van der Waals surface area contributed by atoms with E-state index in [1.165, 1.54) is 0 Å². The lowest BCUT2D eigenvalue weighted by molar-refractivity contribution is 0.0693. The third kappa shape index (κ3) is 3.79. The molecule has 0 saturated carbocycles. The highest BCUT2D eigenvalue weighted by Crippen LogP contribution is 2.37. The lowest BCUT2D eigenvalue weighted by Gasteiger charge is -2.31. The summed E-state index contributed by atoms with van der Waals surface area (Å²) in [4.78, 5) is 19.6. The number of benzene rings is 1. The van der Waals surface area contributed by atoms with E-state index >= 15 is 0 Å². The van der Waals surface area contributed by atoms with Crippen LogP contribution in [0, 0.1) is 0 Å². The third-order valence-corrected chi connectivity index (χ3v) is 6.18.